The number of rotatable bonds is 5. The van der Waals surface area contributed by atoms with Crippen LogP contribution in [0, 0.1) is 29.5 Å². The van der Waals surface area contributed by atoms with Crippen molar-refractivity contribution in [3.8, 4) is 23.0 Å². The molecule has 0 saturated heterocycles. The lowest BCUT2D eigenvalue weighted by Gasteiger charge is -2.25. The summed E-state index contributed by atoms with van der Waals surface area (Å²) in [5, 5.41) is 0. The van der Waals surface area contributed by atoms with Gasteiger partial charge in [0.2, 0.25) is 0 Å². The lowest BCUT2D eigenvalue weighted by atomic mass is 9.80. The van der Waals surface area contributed by atoms with Crippen LogP contribution >= 0.6 is 0 Å². The molecule has 1 saturated carbocycles. The summed E-state index contributed by atoms with van der Waals surface area (Å²) in [4.78, 5) is 0. The molecule has 0 nitrogen and oxygen atoms in total. The van der Waals surface area contributed by atoms with Gasteiger partial charge in [0.05, 0.1) is 0 Å². The summed E-state index contributed by atoms with van der Waals surface area (Å²) in [6.07, 6.45) is 10.9. The zero-order valence-electron chi connectivity index (χ0n) is 15.4. The summed E-state index contributed by atoms with van der Waals surface area (Å²) >= 11 is 0. The van der Waals surface area contributed by atoms with Crippen molar-refractivity contribution in [3.63, 3.8) is 0 Å². The minimum atomic E-state index is -0.202. The Balaban J connectivity index is 1.52. The van der Waals surface area contributed by atoms with Crippen LogP contribution in [-0.4, -0.2) is 0 Å². The molecule has 0 aromatic heterocycles. The van der Waals surface area contributed by atoms with Crippen molar-refractivity contribution in [1.82, 2.24) is 0 Å². The Labute approximate surface area is 157 Å². The van der Waals surface area contributed by atoms with Gasteiger partial charge in [-0.2, -0.15) is 0 Å². The molecule has 0 radical (unpaired) electrons. The number of unbranched alkanes of at least 4 members (excludes halogenated alkanes) is 1. The highest BCUT2D eigenvalue weighted by molar-refractivity contribution is 5.64. The standard InChI is InChI=1S/C25H27F/c1-2-3-4-5-20-6-8-21(9-7-20)10-11-22-12-14-23(15-13-22)24-16-18-25(26)19-17-24/h2,12-21H,1,3-9H2. The Morgan fingerprint density at radius 2 is 1.54 bits per heavy atom. The molecule has 3 rings (SSSR count). The van der Waals surface area contributed by atoms with Crippen molar-refractivity contribution in [2.75, 3.05) is 0 Å². The van der Waals surface area contributed by atoms with E-state index < -0.39 is 0 Å². The Kier molecular flexibility index (Phi) is 6.67. The molecule has 2 aromatic carbocycles. The maximum absolute atomic E-state index is 13.0. The molecule has 0 amide bonds. The van der Waals surface area contributed by atoms with Crippen molar-refractivity contribution < 1.29 is 4.39 Å². The summed E-state index contributed by atoms with van der Waals surface area (Å²) < 4.78 is 13.0. The minimum absolute atomic E-state index is 0.202. The zero-order chi connectivity index (χ0) is 18.2. The zero-order valence-corrected chi connectivity index (χ0v) is 15.4. The fraction of sp³-hybridized carbons (Fsp3) is 0.360. The number of hydrogen-bond acceptors (Lipinski definition) is 0. The molecule has 0 spiro atoms. The lowest BCUT2D eigenvalue weighted by Crippen LogP contribution is -2.13. The maximum Gasteiger partial charge on any atom is 0.123 e. The molecule has 0 bridgehead atoms. The number of benzene rings is 2. The third-order valence-electron chi connectivity index (χ3n) is 5.35. The van der Waals surface area contributed by atoms with Crippen LogP contribution in [0.4, 0.5) is 4.39 Å². The molecule has 134 valence electrons. The first kappa shape index (κ1) is 18.5. The first-order chi connectivity index (χ1) is 12.7. The minimum Gasteiger partial charge on any atom is -0.207 e. The van der Waals surface area contributed by atoms with Gasteiger partial charge in [0.25, 0.3) is 0 Å². The molecule has 1 aliphatic carbocycles. The van der Waals surface area contributed by atoms with Crippen LogP contribution in [0.15, 0.2) is 61.2 Å². The van der Waals surface area contributed by atoms with Gasteiger partial charge >= 0.3 is 0 Å². The molecule has 0 heterocycles. The van der Waals surface area contributed by atoms with Gasteiger partial charge in [-0.25, -0.2) is 4.39 Å². The molecule has 1 heteroatoms. The summed E-state index contributed by atoms with van der Waals surface area (Å²) in [6, 6.07) is 14.9. The summed E-state index contributed by atoms with van der Waals surface area (Å²) in [5.41, 5.74) is 3.18. The first-order valence-electron chi connectivity index (χ1n) is 9.73. The molecule has 0 atom stereocenters. The maximum atomic E-state index is 13.0. The van der Waals surface area contributed by atoms with Crippen LogP contribution in [0.2, 0.25) is 0 Å². The third-order valence-corrected chi connectivity index (χ3v) is 5.35. The van der Waals surface area contributed by atoms with Crippen LogP contribution in [0.1, 0.15) is 50.5 Å². The Morgan fingerprint density at radius 3 is 2.15 bits per heavy atom. The summed E-state index contributed by atoms with van der Waals surface area (Å²) in [6.45, 7) is 3.80. The second-order valence-corrected chi connectivity index (χ2v) is 7.29. The number of allylic oxidation sites excluding steroid dienone is 1. The predicted octanol–water partition coefficient (Wildman–Crippen LogP) is 7.01. The molecule has 1 aliphatic rings. The van der Waals surface area contributed by atoms with Gasteiger partial charge in [-0.1, -0.05) is 48.6 Å². The van der Waals surface area contributed by atoms with Crippen molar-refractivity contribution in [2.45, 2.75) is 44.9 Å². The molecule has 0 N–H and O–H groups in total. The van der Waals surface area contributed by atoms with Crippen molar-refractivity contribution >= 4 is 0 Å². The SMILES string of the molecule is C=CCCCC1CCC(C#Cc2ccc(-c3ccc(F)cc3)cc2)CC1. The monoisotopic (exact) mass is 346 g/mol. The highest BCUT2D eigenvalue weighted by Gasteiger charge is 2.19. The number of hydrogen-bond donors (Lipinski definition) is 0. The van der Waals surface area contributed by atoms with Crippen LogP contribution < -0.4 is 0 Å². The molecule has 1 fully saturated rings. The highest BCUT2D eigenvalue weighted by atomic mass is 19.1. The van der Waals surface area contributed by atoms with Crippen molar-refractivity contribution in [3.05, 3.63) is 72.6 Å². The summed E-state index contributed by atoms with van der Waals surface area (Å²) in [5.74, 6) is 8.06. The molecule has 26 heavy (non-hydrogen) atoms. The Bertz CT molecular complexity index is 751. The Morgan fingerprint density at radius 1 is 0.923 bits per heavy atom. The van der Waals surface area contributed by atoms with Gasteiger partial charge in [0, 0.05) is 11.5 Å². The second-order valence-electron chi connectivity index (χ2n) is 7.29. The normalized spacial score (nSPS) is 19.4. The lowest BCUT2D eigenvalue weighted by molar-refractivity contribution is 0.297. The largest absolute Gasteiger partial charge is 0.207 e. The smallest absolute Gasteiger partial charge is 0.123 e. The molecule has 0 unspecified atom stereocenters. The van der Waals surface area contributed by atoms with E-state index in [1.807, 2.05) is 18.2 Å². The molecular formula is C25H27F. The van der Waals surface area contributed by atoms with E-state index in [9.17, 15) is 4.39 Å². The summed E-state index contributed by atoms with van der Waals surface area (Å²) in [7, 11) is 0. The molecule has 0 aliphatic heterocycles. The van der Waals surface area contributed by atoms with E-state index in [-0.39, 0.29) is 5.82 Å². The van der Waals surface area contributed by atoms with Gasteiger partial charge in [0.1, 0.15) is 5.82 Å². The highest BCUT2D eigenvalue weighted by Crippen LogP contribution is 2.31. The van der Waals surface area contributed by atoms with Gasteiger partial charge in [-0.05, 0) is 79.8 Å². The van der Waals surface area contributed by atoms with Gasteiger partial charge < -0.3 is 0 Å². The van der Waals surface area contributed by atoms with Gasteiger partial charge in [-0.15, -0.1) is 6.58 Å². The van der Waals surface area contributed by atoms with Crippen LogP contribution in [0.5, 0.6) is 0 Å². The Hall–Kier alpha value is -2.33. The average molecular weight is 346 g/mol. The van der Waals surface area contributed by atoms with E-state index in [0.29, 0.717) is 5.92 Å². The van der Waals surface area contributed by atoms with E-state index >= 15 is 0 Å². The van der Waals surface area contributed by atoms with E-state index in [2.05, 4.69) is 42.7 Å². The van der Waals surface area contributed by atoms with Crippen molar-refractivity contribution in [2.24, 2.45) is 11.8 Å². The van der Waals surface area contributed by atoms with E-state index in [1.54, 1.807) is 0 Å². The van der Waals surface area contributed by atoms with Crippen molar-refractivity contribution in [1.29, 1.82) is 0 Å². The van der Waals surface area contributed by atoms with Crippen LogP contribution in [0.25, 0.3) is 11.1 Å². The molecule has 2 aromatic rings. The van der Waals surface area contributed by atoms with E-state index in [1.165, 1.54) is 50.7 Å². The predicted molar refractivity (Wildman–Crippen MR) is 108 cm³/mol. The fourth-order valence-electron chi connectivity index (χ4n) is 3.72. The van der Waals surface area contributed by atoms with E-state index in [0.717, 1.165) is 29.0 Å². The second kappa shape index (κ2) is 9.39. The average Bonchev–Trinajstić information content (AvgIpc) is 2.69. The van der Waals surface area contributed by atoms with Crippen LogP contribution in [-0.2, 0) is 0 Å². The topological polar surface area (TPSA) is 0 Å². The number of halogens is 1. The van der Waals surface area contributed by atoms with Gasteiger partial charge in [0.15, 0.2) is 0 Å². The first-order valence-corrected chi connectivity index (χ1v) is 9.73. The van der Waals surface area contributed by atoms with E-state index in [4.69, 9.17) is 0 Å². The third kappa shape index (κ3) is 5.33. The van der Waals surface area contributed by atoms with Crippen LogP contribution in [0.3, 0.4) is 0 Å². The quantitative estimate of drug-likeness (QED) is 0.310. The fourth-order valence-corrected chi connectivity index (χ4v) is 3.72. The molecular weight excluding hydrogens is 319 g/mol. The van der Waals surface area contributed by atoms with Gasteiger partial charge in [-0.3, -0.25) is 0 Å².